The topological polar surface area (TPSA) is 54.9 Å². The molecule has 14 heavy (non-hydrogen) atoms. The lowest BCUT2D eigenvalue weighted by Crippen LogP contribution is -2.10. The van der Waals surface area contributed by atoms with E-state index in [1.165, 1.54) is 11.3 Å². The van der Waals surface area contributed by atoms with Crippen LogP contribution in [-0.4, -0.2) is 16.1 Å². The summed E-state index contributed by atoms with van der Waals surface area (Å²) < 4.78 is 0.264. The summed E-state index contributed by atoms with van der Waals surface area (Å²) in [5.74, 6) is -0.284. The lowest BCUT2D eigenvalue weighted by molar-refractivity contribution is 0.102. The van der Waals surface area contributed by atoms with Gasteiger partial charge >= 0.3 is 0 Å². The number of aromatic nitrogens is 2. The maximum absolute atomic E-state index is 11.5. The Morgan fingerprint density at radius 1 is 1.50 bits per heavy atom. The Hall–Kier alpha value is -0.980. The summed E-state index contributed by atoms with van der Waals surface area (Å²) in [4.78, 5) is 11.5. The fourth-order valence-corrected chi connectivity index (χ4v) is 2.13. The van der Waals surface area contributed by atoms with E-state index < -0.39 is 0 Å². The van der Waals surface area contributed by atoms with Crippen molar-refractivity contribution in [2.45, 2.75) is 0 Å². The first-order valence-electron chi connectivity index (χ1n) is 3.58. The third-order valence-electron chi connectivity index (χ3n) is 1.37. The second kappa shape index (κ2) is 4.04. The van der Waals surface area contributed by atoms with Crippen LogP contribution in [0.2, 0.25) is 4.47 Å². The fraction of sp³-hybridized carbons (Fsp3) is 0. The van der Waals surface area contributed by atoms with Crippen molar-refractivity contribution in [1.29, 1.82) is 0 Å². The number of halogens is 1. The van der Waals surface area contributed by atoms with E-state index >= 15 is 0 Å². The molecule has 1 amide bonds. The van der Waals surface area contributed by atoms with E-state index in [1.54, 1.807) is 0 Å². The summed E-state index contributed by atoms with van der Waals surface area (Å²) in [5, 5.41) is 13.8. The van der Waals surface area contributed by atoms with E-state index in [2.05, 4.69) is 15.5 Å². The standard InChI is InChI=1S/C7H4ClN3OS2/c8-7-11-10-6(14-7)5(12)9-4-1-2-13-3-4/h1-3H,(H,9,12). The van der Waals surface area contributed by atoms with Gasteiger partial charge in [-0.05, 0) is 23.0 Å². The van der Waals surface area contributed by atoms with E-state index in [4.69, 9.17) is 11.6 Å². The molecule has 72 valence electrons. The van der Waals surface area contributed by atoms with Crippen molar-refractivity contribution in [3.8, 4) is 0 Å². The lowest BCUT2D eigenvalue weighted by atomic mass is 10.5. The minimum Gasteiger partial charge on any atom is -0.319 e. The average Bonchev–Trinajstić information content (AvgIpc) is 2.75. The van der Waals surface area contributed by atoms with Crippen LogP contribution in [0, 0.1) is 0 Å². The smallest absolute Gasteiger partial charge is 0.286 e. The largest absolute Gasteiger partial charge is 0.319 e. The van der Waals surface area contributed by atoms with Crippen LogP contribution < -0.4 is 5.32 Å². The second-order valence-electron chi connectivity index (χ2n) is 2.33. The molecule has 7 heteroatoms. The zero-order valence-corrected chi connectivity index (χ0v) is 9.12. The van der Waals surface area contributed by atoms with Crippen molar-refractivity contribution >= 4 is 45.9 Å². The van der Waals surface area contributed by atoms with Gasteiger partial charge in [0, 0.05) is 5.38 Å². The molecule has 0 saturated heterocycles. The van der Waals surface area contributed by atoms with Crippen LogP contribution in [-0.2, 0) is 0 Å². The molecule has 4 nitrogen and oxygen atoms in total. The second-order valence-corrected chi connectivity index (χ2v) is 4.67. The van der Waals surface area contributed by atoms with Crippen LogP contribution in [0.1, 0.15) is 9.80 Å². The molecule has 0 fully saturated rings. The molecule has 0 spiro atoms. The molecule has 0 aromatic carbocycles. The number of amides is 1. The molecule has 2 aromatic rings. The SMILES string of the molecule is O=C(Nc1ccsc1)c1nnc(Cl)s1. The molecule has 0 saturated carbocycles. The van der Waals surface area contributed by atoms with Crippen molar-refractivity contribution in [1.82, 2.24) is 10.2 Å². The molecular weight excluding hydrogens is 242 g/mol. The Morgan fingerprint density at radius 3 is 2.93 bits per heavy atom. The number of nitrogens with one attached hydrogen (secondary N) is 1. The highest BCUT2D eigenvalue weighted by atomic mass is 35.5. The zero-order chi connectivity index (χ0) is 9.97. The number of rotatable bonds is 2. The highest BCUT2D eigenvalue weighted by Gasteiger charge is 2.11. The minimum atomic E-state index is -0.284. The van der Waals surface area contributed by atoms with Gasteiger partial charge in [-0.2, -0.15) is 11.3 Å². The Morgan fingerprint density at radius 2 is 2.36 bits per heavy atom. The molecule has 0 aliphatic heterocycles. The van der Waals surface area contributed by atoms with Crippen LogP contribution in [0.5, 0.6) is 0 Å². The minimum absolute atomic E-state index is 0.264. The maximum atomic E-state index is 11.5. The zero-order valence-electron chi connectivity index (χ0n) is 6.73. The van der Waals surface area contributed by atoms with Gasteiger partial charge in [-0.3, -0.25) is 4.79 Å². The van der Waals surface area contributed by atoms with Crippen molar-refractivity contribution in [3.63, 3.8) is 0 Å². The van der Waals surface area contributed by atoms with Crippen LogP contribution in [0.3, 0.4) is 0 Å². The van der Waals surface area contributed by atoms with Gasteiger partial charge in [0.15, 0.2) is 0 Å². The van der Waals surface area contributed by atoms with E-state index in [1.807, 2.05) is 16.8 Å². The van der Waals surface area contributed by atoms with E-state index in [-0.39, 0.29) is 15.4 Å². The number of nitrogens with zero attached hydrogens (tertiary/aromatic N) is 2. The summed E-state index contributed by atoms with van der Waals surface area (Å²) in [5.41, 5.74) is 0.756. The van der Waals surface area contributed by atoms with Crippen LogP contribution >= 0.6 is 34.3 Å². The first-order valence-corrected chi connectivity index (χ1v) is 5.72. The molecule has 0 atom stereocenters. The van der Waals surface area contributed by atoms with E-state index in [0.29, 0.717) is 0 Å². The average molecular weight is 246 g/mol. The lowest BCUT2D eigenvalue weighted by Gasteiger charge is -1.96. The normalized spacial score (nSPS) is 10.1. The Kier molecular flexibility index (Phi) is 2.76. The summed E-state index contributed by atoms with van der Waals surface area (Å²) in [6.45, 7) is 0. The summed E-state index contributed by atoms with van der Waals surface area (Å²) in [7, 11) is 0. The van der Waals surface area contributed by atoms with Gasteiger partial charge in [0.25, 0.3) is 5.91 Å². The summed E-state index contributed by atoms with van der Waals surface area (Å²) in [6, 6.07) is 1.81. The third-order valence-corrected chi connectivity index (χ3v) is 3.07. The summed E-state index contributed by atoms with van der Waals surface area (Å²) in [6.07, 6.45) is 0. The fourth-order valence-electron chi connectivity index (χ4n) is 0.817. The number of carbonyl (C=O) groups excluding carboxylic acids is 1. The molecule has 1 N–H and O–H groups in total. The number of anilines is 1. The van der Waals surface area contributed by atoms with Gasteiger partial charge in [-0.1, -0.05) is 11.3 Å². The van der Waals surface area contributed by atoms with Crippen molar-refractivity contribution < 1.29 is 4.79 Å². The molecule has 0 unspecified atom stereocenters. The molecular formula is C7H4ClN3OS2. The monoisotopic (exact) mass is 245 g/mol. The van der Waals surface area contributed by atoms with E-state index in [9.17, 15) is 4.79 Å². The van der Waals surface area contributed by atoms with Crippen LogP contribution in [0.15, 0.2) is 16.8 Å². The van der Waals surface area contributed by atoms with Crippen molar-refractivity contribution in [2.24, 2.45) is 0 Å². The predicted molar refractivity (Wildman–Crippen MR) is 57.2 cm³/mol. The van der Waals surface area contributed by atoms with Gasteiger partial charge in [-0.25, -0.2) is 0 Å². The van der Waals surface area contributed by atoms with Gasteiger partial charge in [0.2, 0.25) is 9.47 Å². The Balaban J connectivity index is 2.10. The first-order chi connectivity index (χ1) is 6.75. The Labute approximate surface area is 92.6 Å². The molecule has 0 aliphatic rings. The Bertz CT molecular complexity index is 439. The number of hydrogen-bond acceptors (Lipinski definition) is 5. The quantitative estimate of drug-likeness (QED) is 0.885. The van der Waals surface area contributed by atoms with Gasteiger partial charge in [-0.15, -0.1) is 10.2 Å². The molecule has 2 heterocycles. The molecule has 0 aliphatic carbocycles. The van der Waals surface area contributed by atoms with E-state index in [0.717, 1.165) is 17.0 Å². The van der Waals surface area contributed by atoms with Gasteiger partial charge in [0.1, 0.15) is 0 Å². The van der Waals surface area contributed by atoms with Crippen LogP contribution in [0.4, 0.5) is 5.69 Å². The van der Waals surface area contributed by atoms with Crippen molar-refractivity contribution in [3.05, 3.63) is 26.3 Å². The maximum Gasteiger partial charge on any atom is 0.286 e. The predicted octanol–water partition coefficient (Wildman–Crippen LogP) is 2.51. The number of carbonyl (C=O) groups is 1. The van der Waals surface area contributed by atoms with Crippen molar-refractivity contribution in [2.75, 3.05) is 5.32 Å². The highest BCUT2D eigenvalue weighted by molar-refractivity contribution is 7.17. The first kappa shape index (κ1) is 9.57. The highest BCUT2D eigenvalue weighted by Crippen LogP contribution is 2.17. The summed E-state index contributed by atoms with van der Waals surface area (Å²) >= 11 is 8.11. The van der Waals surface area contributed by atoms with Gasteiger partial charge < -0.3 is 5.32 Å². The molecule has 2 aromatic heterocycles. The number of hydrogen-bond donors (Lipinski definition) is 1. The van der Waals surface area contributed by atoms with Gasteiger partial charge in [0.05, 0.1) is 5.69 Å². The molecule has 2 rings (SSSR count). The van der Waals surface area contributed by atoms with Crippen LogP contribution in [0.25, 0.3) is 0 Å². The number of thiophene rings is 1. The molecule has 0 bridgehead atoms. The third kappa shape index (κ3) is 2.09. The molecule has 0 radical (unpaired) electrons.